The van der Waals surface area contributed by atoms with E-state index in [1.807, 2.05) is 26.2 Å². The summed E-state index contributed by atoms with van der Waals surface area (Å²) in [5.74, 6) is 0.308. The lowest BCUT2D eigenvalue weighted by atomic mass is 10.0. The Morgan fingerprint density at radius 1 is 1.37 bits per heavy atom. The molecule has 1 heterocycles. The minimum atomic E-state index is -0.0715. The second-order valence-electron chi connectivity index (χ2n) is 6.02. The molecule has 1 amide bonds. The fraction of sp³-hybridized carbons (Fsp3) is 0.600. The summed E-state index contributed by atoms with van der Waals surface area (Å²) in [7, 11) is 4.01. The number of likely N-dealkylation sites (N-methyl/N-ethyl adjacent to an activating group) is 1. The summed E-state index contributed by atoms with van der Waals surface area (Å²) in [6.45, 7) is 8.95. The van der Waals surface area contributed by atoms with Gasteiger partial charge in [-0.2, -0.15) is 0 Å². The summed E-state index contributed by atoms with van der Waals surface area (Å²) in [4.78, 5) is 18.4. The molecule has 0 aliphatic heterocycles. The summed E-state index contributed by atoms with van der Waals surface area (Å²) < 4.78 is 0. The molecule has 1 aromatic heterocycles. The zero-order valence-electron chi connectivity index (χ0n) is 12.8. The van der Waals surface area contributed by atoms with Crippen molar-refractivity contribution in [1.29, 1.82) is 0 Å². The van der Waals surface area contributed by atoms with E-state index < -0.39 is 0 Å². The van der Waals surface area contributed by atoms with Crippen LogP contribution in [0.2, 0.25) is 0 Å². The summed E-state index contributed by atoms with van der Waals surface area (Å²) in [6.07, 6.45) is 1.65. The molecule has 0 aromatic carbocycles. The maximum Gasteiger partial charge on any atom is 0.252 e. The van der Waals surface area contributed by atoms with Crippen LogP contribution in [0, 0.1) is 0 Å². The summed E-state index contributed by atoms with van der Waals surface area (Å²) in [5.41, 5.74) is 1.55. The molecule has 4 heteroatoms. The van der Waals surface area contributed by atoms with Crippen LogP contribution in [0.25, 0.3) is 0 Å². The molecular formula is C15H25N3O. The van der Waals surface area contributed by atoms with Crippen molar-refractivity contribution < 1.29 is 4.79 Å². The van der Waals surface area contributed by atoms with E-state index in [0.29, 0.717) is 18.0 Å². The normalized spacial score (nSPS) is 12.0. The van der Waals surface area contributed by atoms with Crippen molar-refractivity contribution in [2.45, 2.75) is 39.2 Å². The van der Waals surface area contributed by atoms with Crippen LogP contribution in [-0.2, 0) is 0 Å². The number of nitrogens with one attached hydrogen (secondary N) is 1. The minimum absolute atomic E-state index is 0.0685. The molecule has 0 radical (unpaired) electrons. The Kier molecular flexibility index (Phi) is 5.06. The lowest BCUT2D eigenvalue weighted by molar-refractivity contribution is 0.0919. The smallest absolute Gasteiger partial charge is 0.252 e. The predicted octanol–water partition coefficient (Wildman–Crippen LogP) is 2.28. The molecule has 19 heavy (non-hydrogen) atoms. The molecule has 0 atom stereocenters. The third-order valence-electron chi connectivity index (χ3n) is 3.53. The molecule has 1 N–H and O–H groups in total. The van der Waals surface area contributed by atoms with Gasteiger partial charge in [0.25, 0.3) is 5.91 Å². The molecule has 0 spiro atoms. The maximum atomic E-state index is 12.0. The van der Waals surface area contributed by atoms with Gasteiger partial charge in [-0.05, 0) is 46.0 Å². The Morgan fingerprint density at radius 2 is 2.00 bits per heavy atom. The Labute approximate surface area is 116 Å². The highest BCUT2D eigenvalue weighted by atomic mass is 16.1. The van der Waals surface area contributed by atoms with E-state index in [9.17, 15) is 4.79 Å². The third-order valence-corrected chi connectivity index (χ3v) is 3.53. The molecule has 0 unspecified atom stereocenters. The van der Waals surface area contributed by atoms with E-state index in [2.05, 4.69) is 42.9 Å². The highest BCUT2D eigenvalue weighted by Gasteiger charge is 2.21. The SMILES string of the molecule is CC(C)c1ccc(C(=O)NCC(C)(C)N(C)C)cn1. The lowest BCUT2D eigenvalue weighted by Gasteiger charge is -2.32. The Bertz CT molecular complexity index is 422. The van der Waals surface area contributed by atoms with Crippen LogP contribution >= 0.6 is 0 Å². The molecule has 0 saturated carbocycles. The number of pyridine rings is 1. The van der Waals surface area contributed by atoms with Crippen LogP contribution in [0.5, 0.6) is 0 Å². The zero-order valence-corrected chi connectivity index (χ0v) is 12.8. The van der Waals surface area contributed by atoms with Crippen molar-refractivity contribution in [1.82, 2.24) is 15.2 Å². The molecule has 0 saturated heterocycles. The fourth-order valence-corrected chi connectivity index (χ4v) is 1.44. The number of carbonyl (C=O) groups excluding carboxylic acids is 1. The van der Waals surface area contributed by atoms with Crippen molar-refractivity contribution in [3.63, 3.8) is 0 Å². The lowest BCUT2D eigenvalue weighted by Crippen LogP contribution is -2.48. The Hall–Kier alpha value is -1.42. The second kappa shape index (κ2) is 6.15. The predicted molar refractivity (Wildman–Crippen MR) is 78.4 cm³/mol. The first-order valence-electron chi connectivity index (χ1n) is 6.65. The number of aromatic nitrogens is 1. The minimum Gasteiger partial charge on any atom is -0.350 e. The van der Waals surface area contributed by atoms with Gasteiger partial charge in [-0.15, -0.1) is 0 Å². The molecule has 0 aliphatic rings. The molecular weight excluding hydrogens is 238 g/mol. The van der Waals surface area contributed by atoms with Gasteiger partial charge in [-0.25, -0.2) is 0 Å². The zero-order chi connectivity index (χ0) is 14.6. The topological polar surface area (TPSA) is 45.2 Å². The fourth-order valence-electron chi connectivity index (χ4n) is 1.44. The number of rotatable bonds is 5. The van der Waals surface area contributed by atoms with Crippen molar-refractivity contribution in [2.75, 3.05) is 20.6 Å². The maximum absolute atomic E-state index is 12.0. The monoisotopic (exact) mass is 263 g/mol. The van der Waals surface area contributed by atoms with Crippen molar-refractivity contribution in [2.24, 2.45) is 0 Å². The highest BCUT2D eigenvalue weighted by Crippen LogP contribution is 2.12. The van der Waals surface area contributed by atoms with Crippen LogP contribution < -0.4 is 5.32 Å². The Morgan fingerprint density at radius 3 is 2.42 bits per heavy atom. The van der Waals surface area contributed by atoms with Gasteiger partial charge in [0, 0.05) is 24.0 Å². The van der Waals surface area contributed by atoms with E-state index >= 15 is 0 Å². The molecule has 0 aliphatic carbocycles. The molecule has 1 rings (SSSR count). The van der Waals surface area contributed by atoms with E-state index in [0.717, 1.165) is 5.69 Å². The van der Waals surface area contributed by atoms with Gasteiger partial charge < -0.3 is 10.2 Å². The van der Waals surface area contributed by atoms with Crippen molar-refractivity contribution in [3.05, 3.63) is 29.6 Å². The average molecular weight is 263 g/mol. The van der Waals surface area contributed by atoms with Gasteiger partial charge in [0.15, 0.2) is 0 Å². The van der Waals surface area contributed by atoms with Gasteiger partial charge in [0.2, 0.25) is 0 Å². The standard InChI is InChI=1S/C15H25N3O/c1-11(2)13-8-7-12(9-16-13)14(19)17-10-15(3,4)18(5)6/h7-9,11H,10H2,1-6H3,(H,17,19). The third kappa shape index (κ3) is 4.31. The van der Waals surface area contributed by atoms with Crippen LogP contribution in [0.4, 0.5) is 0 Å². The van der Waals surface area contributed by atoms with Crippen molar-refractivity contribution >= 4 is 5.91 Å². The van der Waals surface area contributed by atoms with Gasteiger partial charge in [0.1, 0.15) is 0 Å². The van der Waals surface area contributed by atoms with Crippen LogP contribution in [0.15, 0.2) is 18.3 Å². The van der Waals surface area contributed by atoms with E-state index in [-0.39, 0.29) is 11.4 Å². The first kappa shape index (κ1) is 15.6. The largest absolute Gasteiger partial charge is 0.350 e. The van der Waals surface area contributed by atoms with Gasteiger partial charge in [-0.1, -0.05) is 13.8 Å². The van der Waals surface area contributed by atoms with Crippen LogP contribution in [-0.4, -0.2) is 42.0 Å². The number of hydrogen-bond acceptors (Lipinski definition) is 3. The number of hydrogen-bond donors (Lipinski definition) is 1. The summed E-state index contributed by atoms with van der Waals surface area (Å²) in [6, 6.07) is 3.75. The number of carbonyl (C=O) groups is 1. The molecule has 106 valence electrons. The molecule has 0 fully saturated rings. The molecule has 4 nitrogen and oxygen atoms in total. The highest BCUT2D eigenvalue weighted by molar-refractivity contribution is 5.93. The Balaban J connectivity index is 2.64. The van der Waals surface area contributed by atoms with Crippen molar-refractivity contribution in [3.8, 4) is 0 Å². The summed E-state index contributed by atoms with van der Waals surface area (Å²) >= 11 is 0. The van der Waals surface area contributed by atoms with E-state index in [1.54, 1.807) is 6.20 Å². The van der Waals surface area contributed by atoms with Gasteiger partial charge >= 0.3 is 0 Å². The first-order chi connectivity index (χ1) is 8.74. The first-order valence-corrected chi connectivity index (χ1v) is 6.65. The van der Waals surface area contributed by atoms with Crippen LogP contribution in [0.1, 0.15) is 49.7 Å². The average Bonchev–Trinajstić information content (AvgIpc) is 2.36. The summed E-state index contributed by atoms with van der Waals surface area (Å²) in [5, 5.41) is 2.95. The van der Waals surface area contributed by atoms with E-state index in [1.165, 1.54) is 0 Å². The van der Waals surface area contributed by atoms with Gasteiger partial charge in [0.05, 0.1) is 5.56 Å². The number of amides is 1. The quantitative estimate of drug-likeness (QED) is 0.886. The van der Waals surface area contributed by atoms with E-state index in [4.69, 9.17) is 0 Å². The molecule has 1 aromatic rings. The molecule has 0 bridgehead atoms. The van der Waals surface area contributed by atoms with Crippen LogP contribution in [0.3, 0.4) is 0 Å². The van der Waals surface area contributed by atoms with Gasteiger partial charge in [-0.3, -0.25) is 9.78 Å². The number of nitrogens with zero attached hydrogens (tertiary/aromatic N) is 2. The second-order valence-corrected chi connectivity index (χ2v) is 6.02.